The fourth-order valence-corrected chi connectivity index (χ4v) is 2.51. The van der Waals surface area contributed by atoms with Gasteiger partial charge in [0.25, 0.3) is 5.91 Å². The first kappa shape index (κ1) is 12.2. The summed E-state index contributed by atoms with van der Waals surface area (Å²) in [7, 11) is 0. The Hall–Kier alpha value is -1.80. The third-order valence-corrected chi connectivity index (χ3v) is 3.82. The van der Waals surface area contributed by atoms with E-state index in [1.165, 1.54) is 0 Å². The number of carbonyl (C=O) groups is 1. The number of aromatic nitrogens is 4. The van der Waals surface area contributed by atoms with E-state index in [2.05, 4.69) is 20.0 Å². The minimum Gasteiger partial charge on any atom is -0.379 e. The summed E-state index contributed by atoms with van der Waals surface area (Å²) < 4.78 is 10.9. The highest BCUT2D eigenvalue weighted by Crippen LogP contribution is 2.20. The standard InChI is InChI=1S/C11H13N5O2S/c1-7-10(19-15-14-7)11(17)13-8-4-12-16(5-8)9-2-3-18-6-9/h4-5,9H,2-3,6H2,1H3,(H,13,17)/t9-/m1/s1. The third-order valence-electron chi connectivity index (χ3n) is 3.00. The number of hydrogen-bond acceptors (Lipinski definition) is 6. The van der Waals surface area contributed by atoms with Crippen molar-refractivity contribution < 1.29 is 9.53 Å². The monoisotopic (exact) mass is 279 g/mol. The van der Waals surface area contributed by atoms with Gasteiger partial charge in [-0.25, -0.2) is 0 Å². The molecule has 3 rings (SSSR count). The van der Waals surface area contributed by atoms with E-state index < -0.39 is 0 Å². The van der Waals surface area contributed by atoms with Crippen molar-refractivity contribution in [1.29, 1.82) is 0 Å². The summed E-state index contributed by atoms with van der Waals surface area (Å²) in [6.07, 6.45) is 4.41. The number of anilines is 1. The molecule has 1 aliphatic heterocycles. The van der Waals surface area contributed by atoms with Gasteiger partial charge >= 0.3 is 0 Å². The lowest BCUT2D eigenvalue weighted by Crippen LogP contribution is -2.11. The van der Waals surface area contributed by atoms with Gasteiger partial charge in [-0.3, -0.25) is 9.48 Å². The molecule has 1 aliphatic rings. The lowest BCUT2D eigenvalue weighted by atomic mass is 10.3. The van der Waals surface area contributed by atoms with Crippen LogP contribution in [0.1, 0.15) is 27.8 Å². The maximum Gasteiger partial charge on any atom is 0.269 e. The molecule has 100 valence electrons. The van der Waals surface area contributed by atoms with Crippen LogP contribution < -0.4 is 5.32 Å². The minimum absolute atomic E-state index is 0.199. The van der Waals surface area contributed by atoms with E-state index in [0.717, 1.165) is 24.6 Å². The molecule has 0 spiro atoms. The van der Waals surface area contributed by atoms with E-state index in [1.807, 2.05) is 10.9 Å². The lowest BCUT2D eigenvalue weighted by molar-refractivity contribution is 0.103. The summed E-state index contributed by atoms with van der Waals surface area (Å²) >= 11 is 1.09. The van der Waals surface area contributed by atoms with Crippen LogP contribution in [0.25, 0.3) is 0 Å². The summed E-state index contributed by atoms with van der Waals surface area (Å²) in [5.41, 5.74) is 1.31. The van der Waals surface area contributed by atoms with Crippen molar-refractivity contribution in [3.63, 3.8) is 0 Å². The lowest BCUT2D eigenvalue weighted by Gasteiger charge is -2.06. The number of nitrogens with zero attached hydrogens (tertiary/aromatic N) is 4. The van der Waals surface area contributed by atoms with Gasteiger partial charge in [-0.2, -0.15) is 5.10 Å². The van der Waals surface area contributed by atoms with Crippen molar-refractivity contribution in [1.82, 2.24) is 19.4 Å². The van der Waals surface area contributed by atoms with Crippen LogP contribution in [0.5, 0.6) is 0 Å². The second-order valence-electron chi connectivity index (χ2n) is 4.37. The zero-order chi connectivity index (χ0) is 13.2. The minimum atomic E-state index is -0.199. The van der Waals surface area contributed by atoms with Gasteiger partial charge in [-0.05, 0) is 24.9 Å². The normalized spacial score (nSPS) is 18.7. The maximum atomic E-state index is 12.0. The average Bonchev–Trinajstić information content (AvgIpc) is 3.07. The summed E-state index contributed by atoms with van der Waals surface area (Å²) in [5.74, 6) is -0.199. The molecular formula is C11H13N5O2S. The van der Waals surface area contributed by atoms with Crippen LogP contribution in [0.3, 0.4) is 0 Å². The second-order valence-corrected chi connectivity index (χ2v) is 5.12. The quantitative estimate of drug-likeness (QED) is 0.914. The average molecular weight is 279 g/mol. The maximum absolute atomic E-state index is 12.0. The molecule has 1 fully saturated rings. The van der Waals surface area contributed by atoms with Crippen molar-refractivity contribution in [2.75, 3.05) is 18.5 Å². The molecule has 8 heteroatoms. The summed E-state index contributed by atoms with van der Waals surface area (Å²) in [5, 5.41) is 10.9. The molecule has 1 amide bonds. The van der Waals surface area contributed by atoms with Gasteiger partial charge in [-0.1, -0.05) is 4.49 Å². The van der Waals surface area contributed by atoms with Gasteiger partial charge < -0.3 is 10.1 Å². The predicted molar refractivity (Wildman–Crippen MR) is 69.3 cm³/mol. The van der Waals surface area contributed by atoms with Gasteiger partial charge in [-0.15, -0.1) is 5.10 Å². The number of amides is 1. The van der Waals surface area contributed by atoms with Gasteiger partial charge in [0.2, 0.25) is 0 Å². The van der Waals surface area contributed by atoms with Crippen molar-refractivity contribution in [3.05, 3.63) is 23.0 Å². The van der Waals surface area contributed by atoms with E-state index in [0.29, 0.717) is 22.9 Å². The van der Waals surface area contributed by atoms with Crippen molar-refractivity contribution in [2.45, 2.75) is 19.4 Å². The Morgan fingerprint density at radius 3 is 3.21 bits per heavy atom. The zero-order valence-corrected chi connectivity index (χ0v) is 11.2. The van der Waals surface area contributed by atoms with Crippen LogP contribution in [-0.2, 0) is 4.74 Å². The fourth-order valence-electron chi connectivity index (χ4n) is 1.96. The highest BCUT2D eigenvalue weighted by Gasteiger charge is 2.19. The van der Waals surface area contributed by atoms with Crippen LogP contribution in [0.4, 0.5) is 5.69 Å². The Bertz CT molecular complexity index is 587. The highest BCUT2D eigenvalue weighted by atomic mass is 32.1. The topological polar surface area (TPSA) is 81.9 Å². The van der Waals surface area contributed by atoms with E-state index >= 15 is 0 Å². The van der Waals surface area contributed by atoms with E-state index in [-0.39, 0.29) is 11.9 Å². The van der Waals surface area contributed by atoms with Crippen molar-refractivity contribution in [2.24, 2.45) is 0 Å². The molecular weight excluding hydrogens is 266 g/mol. The number of aryl methyl sites for hydroxylation is 1. The first-order chi connectivity index (χ1) is 9.24. The Kier molecular flexibility index (Phi) is 3.26. The largest absolute Gasteiger partial charge is 0.379 e. The summed E-state index contributed by atoms with van der Waals surface area (Å²) in [4.78, 5) is 12.5. The summed E-state index contributed by atoms with van der Waals surface area (Å²) in [6, 6.07) is 0.262. The van der Waals surface area contributed by atoms with Crippen molar-refractivity contribution in [3.8, 4) is 0 Å². The van der Waals surface area contributed by atoms with Crippen LogP contribution in [-0.4, -0.2) is 38.5 Å². The molecule has 0 saturated carbocycles. The molecule has 0 aliphatic carbocycles. The molecule has 3 heterocycles. The molecule has 2 aromatic heterocycles. The summed E-state index contributed by atoms with van der Waals surface area (Å²) in [6.45, 7) is 3.20. The molecule has 7 nitrogen and oxygen atoms in total. The van der Waals surface area contributed by atoms with Crippen LogP contribution in [0.2, 0.25) is 0 Å². The van der Waals surface area contributed by atoms with Gasteiger partial charge in [0.1, 0.15) is 4.88 Å². The molecule has 2 aromatic rings. The van der Waals surface area contributed by atoms with E-state index in [1.54, 1.807) is 13.1 Å². The molecule has 0 aromatic carbocycles. The molecule has 0 bridgehead atoms. The molecule has 1 saturated heterocycles. The van der Waals surface area contributed by atoms with Crippen LogP contribution in [0, 0.1) is 6.92 Å². The SMILES string of the molecule is Cc1nnsc1C(=O)Nc1cnn([C@@H]2CCOC2)c1. The number of rotatable bonds is 3. The molecule has 1 N–H and O–H groups in total. The second kappa shape index (κ2) is 5.06. The molecule has 19 heavy (non-hydrogen) atoms. The van der Waals surface area contributed by atoms with Gasteiger partial charge in [0.05, 0.1) is 30.2 Å². The van der Waals surface area contributed by atoms with Crippen molar-refractivity contribution >= 4 is 23.1 Å². The van der Waals surface area contributed by atoms with Crippen LogP contribution in [0.15, 0.2) is 12.4 Å². The highest BCUT2D eigenvalue weighted by molar-refractivity contribution is 7.08. The first-order valence-electron chi connectivity index (χ1n) is 5.96. The Balaban J connectivity index is 1.70. The number of ether oxygens (including phenoxy) is 1. The zero-order valence-electron chi connectivity index (χ0n) is 10.4. The predicted octanol–water partition coefficient (Wildman–Crippen LogP) is 1.26. The van der Waals surface area contributed by atoms with Gasteiger partial charge in [0.15, 0.2) is 0 Å². The Labute approximate surface area is 113 Å². The number of nitrogens with one attached hydrogen (secondary N) is 1. The van der Waals surface area contributed by atoms with E-state index in [9.17, 15) is 4.79 Å². The Morgan fingerprint density at radius 1 is 1.63 bits per heavy atom. The fraction of sp³-hybridized carbons (Fsp3) is 0.455. The Morgan fingerprint density at radius 2 is 2.53 bits per heavy atom. The molecule has 1 atom stereocenters. The molecule has 0 unspecified atom stereocenters. The third kappa shape index (κ3) is 2.49. The molecule has 0 radical (unpaired) electrons. The number of carbonyl (C=O) groups excluding carboxylic acids is 1. The smallest absolute Gasteiger partial charge is 0.269 e. The van der Waals surface area contributed by atoms with E-state index in [4.69, 9.17) is 4.74 Å². The number of hydrogen-bond donors (Lipinski definition) is 1. The first-order valence-corrected chi connectivity index (χ1v) is 6.73. The van der Waals surface area contributed by atoms with Crippen LogP contribution >= 0.6 is 11.5 Å². The van der Waals surface area contributed by atoms with Gasteiger partial charge in [0, 0.05) is 12.8 Å².